The fourth-order valence-electron chi connectivity index (χ4n) is 1.30. The first-order chi connectivity index (χ1) is 8.47. The van der Waals surface area contributed by atoms with Crippen LogP contribution in [-0.2, 0) is 14.8 Å². The number of hydrogen-bond acceptors (Lipinski definition) is 4. The van der Waals surface area contributed by atoms with Gasteiger partial charge < -0.3 is 10.5 Å². The molecule has 1 aromatic carbocycles. The summed E-state index contributed by atoms with van der Waals surface area (Å²) in [5.41, 5.74) is 6.08. The summed E-state index contributed by atoms with van der Waals surface area (Å²) in [6, 6.07) is 6.14. The van der Waals surface area contributed by atoms with Crippen LogP contribution in [0.1, 0.15) is 12.0 Å². The SMILES string of the molecule is COCCCNS(=O)(=O)c1ccc(C(N)=S)cc1. The van der Waals surface area contributed by atoms with Crippen LogP contribution in [0.4, 0.5) is 0 Å². The first-order valence-corrected chi connectivity index (χ1v) is 7.25. The number of sulfonamides is 1. The minimum absolute atomic E-state index is 0.194. The Morgan fingerprint density at radius 3 is 2.50 bits per heavy atom. The van der Waals surface area contributed by atoms with Crippen molar-refractivity contribution in [1.29, 1.82) is 0 Å². The van der Waals surface area contributed by atoms with Crippen molar-refractivity contribution in [2.75, 3.05) is 20.3 Å². The summed E-state index contributed by atoms with van der Waals surface area (Å²) in [6.07, 6.45) is 0.626. The van der Waals surface area contributed by atoms with E-state index in [-0.39, 0.29) is 9.88 Å². The van der Waals surface area contributed by atoms with E-state index in [1.807, 2.05) is 0 Å². The third kappa shape index (κ3) is 4.34. The van der Waals surface area contributed by atoms with Crippen LogP contribution < -0.4 is 10.5 Å². The molecule has 0 aliphatic carbocycles. The maximum absolute atomic E-state index is 11.9. The molecular formula is C11H16N2O3S2. The van der Waals surface area contributed by atoms with Gasteiger partial charge >= 0.3 is 0 Å². The zero-order chi connectivity index (χ0) is 13.6. The average Bonchev–Trinajstić information content (AvgIpc) is 2.35. The predicted octanol–water partition coefficient (Wildman–Crippen LogP) is 0.636. The molecule has 7 heteroatoms. The molecule has 0 amide bonds. The smallest absolute Gasteiger partial charge is 0.240 e. The van der Waals surface area contributed by atoms with E-state index in [0.29, 0.717) is 25.1 Å². The Morgan fingerprint density at radius 2 is 2.00 bits per heavy atom. The monoisotopic (exact) mass is 288 g/mol. The van der Waals surface area contributed by atoms with Crippen LogP contribution in [0.15, 0.2) is 29.2 Å². The second-order valence-electron chi connectivity index (χ2n) is 3.63. The van der Waals surface area contributed by atoms with Gasteiger partial charge in [0, 0.05) is 25.8 Å². The third-order valence-corrected chi connectivity index (χ3v) is 3.98. The molecule has 0 saturated heterocycles. The van der Waals surface area contributed by atoms with Crippen LogP contribution in [0, 0.1) is 0 Å². The summed E-state index contributed by atoms with van der Waals surface area (Å²) in [4.78, 5) is 0.437. The second-order valence-corrected chi connectivity index (χ2v) is 5.84. The average molecular weight is 288 g/mol. The quantitative estimate of drug-likeness (QED) is 0.568. The van der Waals surface area contributed by atoms with Gasteiger partial charge in [0.1, 0.15) is 4.99 Å². The Bertz CT molecular complexity index is 498. The van der Waals surface area contributed by atoms with Gasteiger partial charge in [0.05, 0.1) is 4.90 Å². The van der Waals surface area contributed by atoms with Crippen molar-refractivity contribution in [3.63, 3.8) is 0 Å². The third-order valence-electron chi connectivity index (χ3n) is 2.27. The van der Waals surface area contributed by atoms with E-state index in [9.17, 15) is 8.42 Å². The molecule has 0 radical (unpaired) electrons. The number of rotatable bonds is 7. The van der Waals surface area contributed by atoms with Crippen molar-refractivity contribution >= 4 is 27.2 Å². The summed E-state index contributed by atoms with van der Waals surface area (Å²) in [6.45, 7) is 0.857. The fraction of sp³-hybridized carbons (Fsp3) is 0.364. The molecule has 0 heterocycles. The molecule has 0 aromatic heterocycles. The minimum Gasteiger partial charge on any atom is -0.389 e. The first kappa shape index (κ1) is 15.0. The van der Waals surface area contributed by atoms with Crippen LogP contribution in [-0.4, -0.2) is 33.7 Å². The summed E-state index contributed by atoms with van der Waals surface area (Å²) in [5, 5.41) is 0. The van der Waals surface area contributed by atoms with E-state index < -0.39 is 10.0 Å². The molecule has 5 nitrogen and oxygen atoms in total. The van der Waals surface area contributed by atoms with E-state index in [2.05, 4.69) is 4.72 Å². The number of thiocarbonyl (C=S) groups is 1. The standard InChI is InChI=1S/C11H16N2O3S2/c1-16-8-2-7-13-18(14,15)10-5-3-9(4-6-10)11(12)17/h3-6,13H,2,7-8H2,1H3,(H2,12,17). The number of ether oxygens (including phenoxy) is 1. The predicted molar refractivity (Wildman–Crippen MR) is 74.0 cm³/mol. The Hall–Kier alpha value is -1.02. The highest BCUT2D eigenvalue weighted by molar-refractivity contribution is 7.89. The molecule has 0 aliphatic heterocycles. The molecule has 1 rings (SSSR count). The summed E-state index contributed by atoms with van der Waals surface area (Å²) in [5.74, 6) is 0. The second kappa shape index (κ2) is 6.79. The number of hydrogen-bond donors (Lipinski definition) is 2. The lowest BCUT2D eigenvalue weighted by molar-refractivity contribution is 0.196. The van der Waals surface area contributed by atoms with E-state index in [1.54, 1.807) is 19.2 Å². The van der Waals surface area contributed by atoms with Crippen molar-refractivity contribution < 1.29 is 13.2 Å². The highest BCUT2D eigenvalue weighted by Gasteiger charge is 2.12. The molecule has 18 heavy (non-hydrogen) atoms. The summed E-state index contributed by atoms with van der Waals surface area (Å²) < 4.78 is 31.0. The van der Waals surface area contributed by atoms with Gasteiger partial charge in [-0.1, -0.05) is 24.4 Å². The van der Waals surface area contributed by atoms with Crippen LogP contribution in [0.25, 0.3) is 0 Å². The topological polar surface area (TPSA) is 81.4 Å². The molecular weight excluding hydrogens is 272 g/mol. The Morgan fingerprint density at radius 1 is 1.39 bits per heavy atom. The van der Waals surface area contributed by atoms with Crippen molar-refractivity contribution in [3.8, 4) is 0 Å². The molecule has 1 aromatic rings. The van der Waals surface area contributed by atoms with Gasteiger partial charge in [-0.2, -0.15) is 0 Å². The number of methoxy groups -OCH3 is 1. The molecule has 0 aliphatic rings. The number of benzene rings is 1. The number of nitrogens with two attached hydrogens (primary N) is 1. The van der Waals surface area contributed by atoms with Gasteiger partial charge in [0.25, 0.3) is 0 Å². The molecule has 3 N–H and O–H groups in total. The van der Waals surface area contributed by atoms with Crippen LogP contribution in [0.5, 0.6) is 0 Å². The molecule has 0 atom stereocenters. The lowest BCUT2D eigenvalue weighted by Gasteiger charge is -2.07. The van der Waals surface area contributed by atoms with Crippen LogP contribution >= 0.6 is 12.2 Å². The normalized spacial score (nSPS) is 11.4. The Labute approximate surface area is 112 Å². The van der Waals surface area contributed by atoms with Gasteiger partial charge in [0.15, 0.2) is 0 Å². The van der Waals surface area contributed by atoms with E-state index in [0.717, 1.165) is 0 Å². The molecule has 0 fully saturated rings. The lowest BCUT2D eigenvalue weighted by atomic mass is 10.2. The van der Waals surface area contributed by atoms with Gasteiger partial charge in [0.2, 0.25) is 10.0 Å². The summed E-state index contributed by atoms with van der Waals surface area (Å²) in [7, 11) is -1.90. The zero-order valence-electron chi connectivity index (χ0n) is 10.0. The van der Waals surface area contributed by atoms with Crippen LogP contribution in [0.3, 0.4) is 0 Å². The van der Waals surface area contributed by atoms with Crippen molar-refractivity contribution in [2.45, 2.75) is 11.3 Å². The highest BCUT2D eigenvalue weighted by atomic mass is 32.2. The molecule has 0 saturated carbocycles. The highest BCUT2D eigenvalue weighted by Crippen LogP contribution is 2.10. The van der Waals surface area contributed by atoms with Gasteiger partial charge in [-0.3, -0.25) is 0 Å². The lowest BCUT2D eigenvalue weighted by Crippen LogP contribution is -2.25. The van der Waals surface area contributed by atoms with Crippen molar-refractivity contribution in [1.82, 2.24) is 4.72 Å². The Balaban J connectivity index is 2.70. The van der Waals surface area contributed by atoms with E-state index >= 15 is 0 Å². The number of nitrogens with one attached hydrogen (secondary N) is 1. The Kier molecular flexibility index (Phi) is 5.67. The largest absolute Gasteiger partial charge is 0.389 e. The molecule has 100 valence electrons. The summed E-state index contributed by atoms with van der Waals surface area (Å²) >= 11 is 4.80. The van der Waals surface area contributed by atoms with E-state index in [1.165, 1.54) is 12.1 Å². The van der Waals surface area contributed by atoms with Gasteiger partial charge in [-0.05, 0) is 18.6 Å². The molecule has 0 spiro atoms. The van der Waals surface area contributed by atoms with Gasteiger partial charge in [-0.25, -0.2) is 13.1 Å². The minimum atomic E-state index is -3.47. The zero-order valence-corrected chi connectivity index (χ0v) is 11.7. The van der Waals surface area contributed by atoms with Crippen LogP contribution in [0.2, 0.25) is 0 Å². The van der Waals surface area contributed by atoms with E-state index in [4.69, 9.17) is 22.7 Å². The fourth-order valence-corrected chi connectivity index (χ4v) is 2.51. The molecule has 0 bridgehead atoms. The van der Waals surface area contributed by atoms with Gasteiger partial charge in [-0.15, -0.1) is 0 Å². The van der Waals surface area contributed by atoms with Crippen molar-refractivity contribution in [2.24, 2.45) is 5.73 Å². The molecule has 0 unspecified atom stereocenters. The van der Waals surface area contributed by atoms with Crippen molar-refractivity contribution in [3.05, 3.63) is 29.8 Å². The maximum atomic E-state index is 11.9. The maximum Gasteiger partial charge on any atom is 0.240 e. The first-order valence-electron chi connectivity index (χ1n) is 5.36.